The number of benzene rings is 1. The molecule has 0 aromatic heterocycles. The minimum absolute atomic E-state index is 0.362. The molecule has 2 rings (SSSR count). The van der Waals surface area contributed by atoms with Crippen molar-refractivity contribution in [1.82, 2.24) is 4.31 Å². The van der Waals surface area contributed by atoms with Crippen LogP contribution in [0.15, 0.2) is 24.3 Å². The van der Waals surface area contributed by atoms with Crippen LogP contribution < -0.4 is 5.32 Å². The Balaban J connectivity index is 1.91. The predicted octanol–water partition coefficient (Wildman–Crippen LogP) is 2.13. The summed E-state index contributed by atoms with van der Waals surface area (Å²) in [7, 11) is -3.02. The largest absolute Gasteiger partial charge is 0.382 e. The van der Waals surface area contributed by atoms with Crippen LogP contribution >= 0.6 is 22.6 Å². The summed E-state index contributed by atoms with van der Waals surface area (Å²) in [6.07, 6.45) is 3.00. The maximum absolute atomic E-state index is 11.4. The maximum Gasteiger partial charge on any atom is 0.211 e. The topological polar surface area (TPSA) is 49.4 Å². The first-order chi connectivity index (χ1) is 8.45. The van der Waals surface area contributed by atoms with Crippen molar-refractivity contribution < 1.29 is 8.42 Å². The third-order valence-electron chi connectivity index (χ3n) is 3.12. The van der Waals surface area contributed by atoms with Crippen LogP contribution in [0.1, 0.15) is 12.8 Å². The van der Waals surface area contributed by atoms with Gasteiger partial charge in [0.1, 0.15) is 0 Å². The van der Waals surface area contributed by atoms with Gasteiger partial charge in [-0.2, -0.15) is 0 Å². The van der Waals surface area contributed by atoms with Gasteiger partial charge < -0.3 is 5.32 Å². The van der Waals surface area contributed by atoms with Crippen LogP contribution in [0.2, 0.25) is 0 Å². The summed E-state index contributed by atoms with van der Waals surface area (Å²) in [6, 6.07) is 8.59. The van der Waals surface area contributed by atoms with Crippen LogP contribution in [0.5, 0.6) is 0 Å². The molecule has 18 heavy (non-hydrogen) atoms. The smallest absolute Gasteiger partial charge is 0.211 e. The molecule has 0 radical (unpaired) electrons. The summed E-state index contributed by atoms with van der Waals surface area (Å²) in [5, 5.41) is 3.47. The lowest BCUT2D eigenvalue weighted by Crippen LogP contribution is -2.41. The molecule has 0 aliphatic carbocycles. The molecule has 1 fully saturated rings. The number of rotatable bonds is 3. The van der Waals surface area contributed by atoms with Crippen molar-refractivity contribution in [3.8, 4) is 0 Å². The average molecular weight is 380 g/mol. The lowest BCUT2D eigenvalue weighted by molar-refractivity contribution is 0.332. The highest BCUT2D eigenvalue weighted by atomic mass is 127. The van der Waals surface area contributed by atoms with Gasteiger partial charge in [-0.05, 0) is 53.6 Å². The van der Waals surface area contributed by atoms with Crippen molar-refractivity contribution in [3.63, 3.8) is 0 Å². The standard InChI is InChI=1S/C12H17IN2O2S/c1-18(16,17)15-7-5-11(6-8-15)14-12-4-2-3-10(13)9-12/h2-4,9,11,14H,5-8H2,1H3. The van der Waals surface area contributed by atoms with Gasteiger partial charge in [-0.25, -0.2) is 12.7 Å². The Morgan fingerprint density at radius 2 is 2.00 bits per heavy atom. The van der Waals surface area contributed by atoms with Gasteiger partial charge in [0, 0.05) is 28.4 Å². The van der Waals surface area contributed by atoms with Crippen molar-refractivity contribution in [1.29, 1.82) is 0 Å². The third kappa shape index (κ3) is 3.83. The third-order valence-corrected chi connectivity index (χ3v) is 5.09. The highest BCUT2D eigenvalue weighted by Gasteiger charge is 2.24. The van der Waals surface area contributed by atoms with Crippen LogP contribution in [0.3, 0.4) is 0 Å². The number of hydrogen-bond donors (Lipinski definition) is 1. The molecule has 1 heterocycles. The fourth-order valence-corrected chi connectivity index (χ4v) is 3.56. The first kappa shape index (κ1) is 14.1. The summed E-state index contributed by atoms with van der Waals surface area (Å²) >= 11 is 2.29. The Bertz CT molecular complexity index is 511. The molecule has 1 aromatic carbocycles. The second-order valence-electron chi connectivity index (χ2n) is 4.59. The molecular formula is C12H17IN2O2S. The van der Waals surface area contributed by atoms with Crippen molar-refractivity contribution in [2.24, 2.45) is 0 Å². The molecular weight excluding hydrogens is 363 g/mol. The predicted molar refractivity (Wildman–Crippen MR) is 82.2 cm³/mol. The molecule has 0 amide bonds. The number of sulfonamides is 1. The second-order valence-corrected chi connectivity index (χ2v) is 7.82. The van der Waals surface area contributed by atoms with E-state index < -0.39 is 10.0 Å². The van der Waals surface area contributed by atoms with Crippen molar-refractivity contribution in [2.45, 2.75) is 18.9 Å². The second kappa shape index (κ2) is 5.75. The summed E-state index contributed by atoms with van der Waals surface area (Å²) in [5.41, 5.74) is 1.11. The van der Waals surface area contributed by atoms with Gasteiger partial charge in [-0.1, -0.05) is 6.07 Å². The Morgan fingerprint density at radius 1 is 1.33 bits per heavy atom. The zero-order chi connectivity index (χ0) is 13.2. The van der Waals surface area contributed by atoms with Crippen LogP contribution in [0, 0.1) is 3.57 Å². The van der Waals surface area contributed by atoms with Crippen LogP contribution in [-0.4, -0.2) is 38.1 Å². The summed E-state index contributed by atoms with van der Waals surface area (Å²) in [5.74, 6) is 0. The number of piperidine rings is 1. The summed E-state index contributed by atoms with van der Waals surface area (Å²) in [6.45, 7) is 1.22. The van der Waals surface area contributed by atoms with Gasteiger partial charge in [-0.3, -0.25) is 0 Å². The van der Waals surface area contributed by atoms with E-state index in [-0.39, 0.29) is 0 Å². The van der Waals surface area contributed by atoms with E-state index in [1.807, 2.05) is 12.1 Å². The minimum atomic E-state index is -3.02. The Kier molecular flexibility index (Phi) is 4.50. The fraction of sp³-hybridized carbons (Fsp3) is 0.500. The number of anilines is 1. The molecule has 0 atom stereocenters. The van der Waals surface area contributed by atoms with E-state index in [1.54, 1.807) is 4.31 Å². The Hall–Kier alpha value is -0.340. The molecule has 100 valence electrons. The molecule has 4 nitrogen and oxygen atoms in total. The van der Waals surface area contributed by atoms with Gasteiger partial charge >= 0.3 is 0 Å². The molecule has 0 spiro atoms. The highest BCUT2D eigenvalue weighted by Crippen LogP contribution is 2.19. The number of nitrogens with one attached hydrogen (secondary N) is 1. The molecule has 1 N–H and O–H groups in total. The van der Waals surface area contributed by atoms with E-state index in [9.17, 15) is 8.42 Å². The molecule has 0 unspecified atom stereocenters. The number of hydrogen-bond acceptors (Lipinski definition) is 3. The lowest BCUT2D eigenvalue weighted by Gasteiger charge is -2.31. The van der Waals surface area contributed by atoms with E-state index in [0.717, 1.165) is 18.5 Å². The first-order valence-corrected chi connectivity index (χ1v) is 8.85. The molecule has 1 saturated heterocycles. The molecule has 0 bridgehead atoms. The van der Waals surface area contributed by atoms with E-state index in [1.165, 1.54) is 9.83 Å². The monoisotopic (exact) mass is 380 g/mol. The van der Waals surface area contributed by atoms with E-state index in [2.05, 4.69) is 40.0 Å². The zero-order valence-electron chi connectivity index (χ0n) is 10.3. The first-order valence-electron chi connectivity index (χ1n) is 5.92. The highest BCUT2D eigenvalue weighted by molar-refractivity contribution is 14.1. The van der Waals surface area contributed by atoms with Crippen LogP contribution in [-0.2, 0) is 10.0 Å². The van der Waals surface area contributed by atoms with Gasteiger partial charge in [0.15, 0.2) is 0 Å². The Morgan fingerprint density at radius 3 is 2.56 bits per heavy atom. The maximum atomic E-state index is 11.4. The zero-order valence-corrected chi connectivity index (χ0v) is 13.2. The van der Waals surface area contributed by atoms with Gasteiger partial charge in [0.25, 0.3) is 0 Å². The lowest BCUT2D eigenvalue weighted by atomic mass is 10.1. The molecule has 0 saturated carbocycles. The quantitative estimate of drug-likeness (QED) is 0.818. The minimum Gasteiger partial charge on any atom is -0.382 e. The van der Waals surface area contributed by atoms with E-state index >= 15 is 0 Å². The van der Waals surface area contributed by atoms with Crippen LogP contribution in [0.25, 0.3) is 0 Å². The van der Waals surface area contributed by atoms with Crippen molar-refractivity contribution >= 4 is 38.3 Å². The molecule has 1 aromatic rings. The normalized spacial score (nSPS) is 18.8. The summed E-state index contributed by atoms with van der Waals surface area (Å²) < 4.78 is 25.6. The molecule has 1 aliphatic rings. The van der Waals surface area contributed by atoms with Gasteiger partial charge in [0.05, 0.1) is 6.26 Å². The van der Waals surface area contributed by atoms with E-state index in [4.69, 9.17) is 0 Å². The molecule has 6 heteroatoms. The number of nitrogens with zero attached hydrogens (tertiary/aromatic N) is 1. The van der Waals surface area contributed by atoms with Crippen molar-refractivity contribution in [2.75, 3.05) is 24.7 Å². The van der Waals surface area contributed by atoms with Gasteiger partial charge in [0.2, 0.25) is 10.0 Å². The fourth-order valence-electron chi connectivity index (χ4n) is 2.15. The SMILES string of the molecule is CS(=O)(=O)N1CCC(Nc2cccc(I)c2)CC1. The summed E-state index contributed by atoms with van der Waals surface area (Å²) in [4.78, 5) is 0. The van der Waals surface area contributed by atoms with Gasteiger partial charge in [-0.15, -0.1) is 0 Å². The van der Waals surface area contributed by atoms with Crippen molar-refractivity contribution in [3.05, 3.63) is 27.8 Å². The number of halogens is 1. The van der Waals surface area contributed by atoms with Crippen LogP contribution in [0.4, 0.5) is 5.69 Å². The van der Waals surface area contributed by atoms with E-state index in [0.29, 0.717) is 19.1 Å². The Labute approximate surface area is 122 Å². The average Bonchev–Trinajstić information content (AvgIpc) is 2.28. The molecule has 1 aliphatic heterocycles.